The maximum absolute atomic E-state index is 13.7. The van der Waals surface area contributed by atoms with Crippen molar-refractivity contribution in [2.45, 2.75) is 56.4 Å². The Morgan fingerprint density at radius 2 is 1.35 bits per heavy atom. The number of amides is 2. The molecule has 0 unspecified atom stereocenters. The minimum Gasteiger partial charge on any atom is -0.349 e. The normalized spacial score (nSPS) is 15.8. The molecule has 4 aromatic rings. The van der Waals surface area contributed by atoms with Crippen LogP contribution in [0.25, 0.3) is 22.3 Å². The van der Waals surface area contributed by atoms with Crippen molar-refractivity contribution in [2.24, 2.45) is 0 Å². The fourth-order valence-corrected chi connectivity index (χ4v) is 7.28. The summed E-state index contributed by atoms with van der Waals surface area (Å²) in [4.78, 5) is 29.4. The van der Waals surface area contributed by atoms with E-state index in [9.17, 15) is 27.2 Å². The first-order valence-electron chi connectivity index (χ1n) is 16.5. The number of hydrogen-bond acceptors (Lipinski definition) is 3. The molecule has 250 valence electrons. The highest BCUT2D eigenvalue weighted by Gasteiger charge is 2.49. The van der Waals surface area contributed by atoms with E-state index in [1.54, 1.807) is 18.2 Å². The summed E-state index contributed by atoms with van der Waals surface area (Å²) in [7, 11) is 0. The summed E-state index contributed by atoms with van der Waals surface area (Å²) in [5.41, 5.74) is 4.91. The van der Waals surface area contributed by atoms with Gasteiger partial charge in [-0.1, -0.05) is 97.4 Å². The van der Waals surface area contributed by atoms with Gasteiger partial charge >= 0.3 is 6.18 Å². The third-order valence-electron chi connectivity index (χ3n) is 9.69. The van der Waals surface area contributed by atoms with Crippen LogP contribution in [0.3, 0.4) is 0 Å². The van der Waals surface area contributed by atoms with Crippen LogP contribution in [-0.4, -0.2) is 55.1 Å². The molecule has 0 bridgehead atoms. The van der Waals surface area contributed by atoms with Gasteiger partial charge in [-0.15, -0.1) is 0 Å². The van der Waals surface area contributed by atoms with Gasteiger partial charge in [0, 0.05) is 24.7 Å². The van der Waals surface area contributed by atoms with Gasteiger partial charge in [-0.2, -0.15) is 13.2 Å². The number of fused-ring (bicyclic) bond motifs is 3. The average molecular weight is 658 g/mol. The van der Waals surface area contributed by atoms with Crippen molar-refractivity contribution in [1.82, 2.24) is 15.5 Å². The molecule has 48 heavy (non-hydrogen) atoms. The third kappa shape index (κ3) is 7.02. The molecule has 2 N–H and O–H groups in total. The molecule has 2 amide bonds. The summed E-state index contributed by atoms with van der Waals surface area (Å²) < 4.78 is 52.5. The second-order valence-electron chi connectivity index (χ2n) is 12.7. The maximum atomic E-state index is 13.7. The Balaban J connectivity index is 1.05. The average Bonchev–Trinajstić information content (AvgIpc) is 3.40. The first-order valence-corrected chi connectivity index (χ1v) is 16.5. The minimum atomic E-state index is -4.51. The van der Waals surface area contributed by atoms with Crippen LogP contribution in [0.5, 0.6) is 0 Å². The van der Waals surface area contributed by atoms with Crippen LogP contribution < -0.4 is 10.6 Å². The van der Waals surface area contributed by atoms with Crippen molar-refractivity contribution in [3.63, 3.8) is 0 Å². The second kappa shape index (κ2) is 14.3. The summed E-state index contributed by atoms with van der Waals surface area (Å²) >= 11 is 0. The molecule has 0 spiro atoms. The number of halogens is 4. The number of nitrogens with one attached hydrogen (secondary N) is 2. The van der Waals surface area contributed by atoms with Crippen LogP contribution in [0.4, 0.5) is 17.6 Å². The molecule has 6 rings (SSSR count). The number of rotatable bonds is 11. The molecule has 1 fully saturated rings. The lowest BCUT2D eigenvalue weighted by atomic mass is 9.73. The number of hydrogen-bond donors (Lipinski definition) is 2. The summed E-state index contributed by atoms with van der Waals surface area (Å²) in [6.07, 6.45) is -1.08. The monoisotopic (exact) mass is 657 g/mol. The predicted molar refractivity (Wildman–Crippen MR) is 179 cm³/mol. The molecular formula is C39H39F4N3O2. The van der Waals surface area contributed by atoms with Crippen molar-refractivity contribution in [3.8, 4) is 22.3 Å². The number of benzene rings is 4. The zero-order valence-electron chi connectivity index (χ0n) is 26.7. The molecule has 0 atom stereocenters. The topological polar surface area (TPSA) is 61.4 Å². The molecule has 2 aliphatic rings. The van der Waals surface area contributed by atoms with E-state index in [2.05, 4.69) is 15.5 Å². The quantitative estimate of drug-likeness (QED) is 0.128. The fraction of sp³-hybridized carbons (Fsp3) is 0.333. The van der Waals surface area contributed by atoms with Gasteiger partial charge in [0.05, 0.1) is 0 Å². The largest absolute Gasteiger partial charge is 0.405 e. The Morgan fingerprint density at radius 3 is 1.96 bits per heavy atom. The highest BCUT2D eigenvalue weighted by atomic mass is 19.4. The van der Waals surface area contributed by atoms with Gasteiger partial charge < -0.3 is 15.5 Å². The standard InChI is InChI=1S/C39H39F4N3O2/c40-25-27-15-17-28(18-16-27)30-9-1-2-12-33(30)36(47)45-29-19-23-46(24-20-29)22-8-7-21-38(37(48)44-26-39(41,42)43)34-13-5-3-10-31(34)32-11-4-6-14-35(32)38/h1-6,9-18,29H,7-8,19-26H2,(H,44,48)(H,45,47). The Bertz CT molecular complexity index is 1700. The van der Waals surface area contributed by atoms with Crippen molar-refractivity contribution >= 4 is 11.8 Å². The summed E-state index contributed by atoms with van der Waals surface area (Å²) in [5, 5.41) is 5.41. The van der Waals surface area contributed by atoms with Crippen molar-refractivity contribution in [2.75, 3.05) is 26.2 Å². The van der Waals surface area contributed by atoms with E-state index in [1.165, 1.54) is 0 Å². The van der Waals surface area contributed by atoms with Gasteiger partial charge in [0.25, 0.3) is 5.91 Å². The van der Waals surface area contributed by atoms with Crippen molar-refractivity contribution in [1.29, 1.82) is 0 Å². The van der Waals surface area contributed by atoms with Crippen LogP contribution in [0.15, 0.2) is 97.1 Å². The Hall–Kier alpha value is -4.50. The first kappa shape index (κ1) is 33.4. The van der Waals surface area contributed by atoms with Gasteiger partial charge in [-0.25, -0.2) is 4.39 Å². The number of likely N-dealkylation sites (tertiary alicyclic amines) is 1. The van der Waals surface area contributed by atoms with Crippen molar-refractivity contribution in [3.05, 3.63) is 119 Å². The van der Waals surface area contributed by atoms with Gasteiger partial charge in [-0.3, -0.25) is 9.59 Å². The van der Waals surface area contributed by atoms with Crippen LogP contribution >= 0.6 is 0 Å². The minimum absolute atomic E-state index is 0.0304. The molecule has 1 saturated heterocycles. The first-order chi connectivity index (χ1) is 23.2. The molecule has 9 heteroatoms. The molecule has 0 aromatic heterocycles. The Labute approximate surface area is 278 Å². The van der Waals surface area contributed by atoms with Gasteiger partial charge in [0.1, 0.15) is 18.6 Å². The number of piperidine rings is 1. The van der Waals surface area contributed by atoms with E-state index in [1.807, 2.05) is 78.9 Å². The molecular weight excluding hydrogens is 618 g/mol. The molecule has 5 nitrogen and oxygen atoms in total. The lowest BCUT2D eigenvalue weighted by Gasteiger charge is -2.33. The van der Waals surface area contributed by atoms with E-state index >= 15 is 0 Å². The maximum Gasteiger partial charge on any atom is 0.405 e. The lowest BCUT2D eigenvalue weighted by Crippen LogP contribution is -2.47. The summed E-state index contributed by atoms with van der Waals surface area (Å²) in [6.45, 7) is 0.498. The zero-order chi connectivity index (χ0) is 33.7. The molecule has 1 aliphatic heterocycles. The molecule has 4 aromatic carbocycles. The van der Waals surface area contributed by atoms with E-state index in [4.69, 9.17) is 0 Å². The molecule has 0 radical (unpaired) electrons. The van der Waals surface area contributed by atoms with Crippen molar-refractivity contribution < 1.29 is 27.2 Å². The number of nitrogens with zero attached hydrogens (tertiary/aromatic N) is 1. The highest BCUT2D eigenvalue weighted by molar-refractivity contribution is 6.01. The Kier molecular flexibility index (Phi) is 9.96. The SMILES string of the molecule is O=C(NC1CCN(CCCCC2(C(=O)NCC(F)(F)F)c3ccccc3-c3ccccc32)CC1)c1ccccc1-c1ccc(CF)cc1. The fourth-order valence-electron chi connectivity index (χ4n) is 7.28. The van der Waals surface area contributed by atoms with Crippen LogP contribution in [0.1, 0.15) is 59.2 Å². The summed E-state index contributed by atoms with van der Waals surface area (Å²) in [6, 6.07) is 29.6. The van der Waals surface area contributed by atoms with Crippen LogP contribution in [0.2, 0.25) is 0 Å². The summed E-state index contributed by atoms with van der Waals surface area (Å²) in [5.74, 6) is -0.753. The van der Waals surface area contributed by atoms with Crippen LogP contribution in [-0.2, 0) is 16.9 Å². The number of alkyl halides is 4. The smallest absolute Gasteiger partial charge is 0.349 e. The van der Waals surface area contributed by atoms with E-state index in [-0.39, 0.29) is 11.9 Å². The van der Waals surface area contributed by atoms with E-state index in [0.29, 0.717) is 24.0 Å². The van der Waals surface area contributed by atoms with Crippen LogP contribution in [0, 0.1) is 0 Å². The van der Waals surface area contributed by atoms with Gasteiger partial charge in [0.15, 0.2) is 0 Å². The molecule has 1 heterocycles. The molecule has 1 aliphatic carbocycles. The van der Waals surface area contributed by atoms with E-state index < -0.39 is 30.7 Å². The van der Waals surface area contributed by atoms with Gasteiger partial charge in [-0.05, 0) is 77.2 Å². The number of unbranched alkanes of at least 4 members (excludes halogenated alkanes) is 1. The zero-order valence-corrected chi connectivity index (χ0v) is 26.7. The number of carbonyl (C=O) groups is 2. The van der Waals surface area contributed by atoms with E-state index in [0.717, 1.165) is 72.3 Å². The molecule has 0 saturated carbocycles. The number of carbonyl (C=O) groups excluding carboxylic acids is 2. The Morgan fingerprint density at radius 1 is 0.771 bits per heavy atom. The third-order valence-corrected chi connectivity index (χ3v) is 9.69. The highest BCUT2D eigenvalue weighted by Crippen LogP contribution is 2.51. The lowest BCUT2D eigenvalue weighted by molar-refractivity contribution is -0.141. The van der Waals surface area contributed by atoms with Gasteiger partial charge in [0.2, 0.25) is 5.91 Å². The predicted octanol–water partition coefficient (Wildman–Crippen LogP) is 7.83. The second-order valence-corrected chi connectivity index (χ2v) is 12.7.